The zero-order chi connectivity index (χ0) is 51.7. The molecule has 5 N–H and O–H groups in total. The maximum Gasteiger partial charge on any atom is 0.255 e. The van der Waals surface area contributed by atoms with E-state index in [-0.39, 0.29) is 67.9 Å². The van der Waals surface area contributed by atoms with Crippen LogP contribution in [0.3, 0.4) is 0 Å². The summed E-state index contributed by atoms with van der Waals surface area (Å²) in [5.74, 6) is 0.766. The Morgan fingerprint density at radius 3 is 2.28 bits per heavy atom. The molecule has 8 rings (SSSR count). The van der Waals surface area contributed by atoms with Crippen LogP contribution in [0.2, 0.25) is 0 Å². The summed E-state index contributed by atoms with van der Waals surface area (Å²) in [5, 5.41) is 21.2. The summed E-state index contributed by atoms with van der Waals surface area (Å²) >= 11 is 0. The second-order valence-corrected chi connectivity index (χ2v) is 19.1. The first kappa shape index (κ1) is 56.0. The van der Waals surface area contributed by atoms with Gasteiger partial charge < -0.3 is 49.7 Å². The Morgan fingerprint density at radius 2 is 1.52 bits per heavy atom. The van der Waals surface area contributed by atoms with Gasteiger partial charge in [-0.15, -0.1) is 22.6 Å². The number of halogens is 1. The lowest BCUT2D eigenvalue weighted by molar-refractivity contribution is -0.137. The molecule has 2 aromatic heterocycles. The number of carbonyl (C=O) groups excluding carboxylic acids is 5. The number of hydrogen-bond donors (Lipinski definition) is 5. The van der Waals surface area contributed by atoms with Gasteiger partial charge in [0.25, 0.3) is 11.8 Å². The molecule has 2 fully saturated rings. The van der Waals surface area contributed by atoms with E-state index in [1.54, 1.807) is 30.6 Å². The van der Waals surface area contributed by atoms with Crippen LogP contribution in [0, 0.1) is 0 Å². The van der Waals surface area contributed by atoms with Crippen molar-refractivity contribution in [3.63, 3.8) is 0 Å². The molecule has 20 heteroatoms. The van der Waals surface area contributed by atoms with E-state index in [9.17, 15) is 24.0 Å². The molecule has 5 heterocycles. The molecule has 5 amide bonds. The molecule has 0 bridgehead atoms. The summed E-state index contributed by atoms with van der Waals surface area (Å²) in [7, 11) is 2.12. The van der Waals surface area contributed by atoms with Gasteiger partial charge in [-0.1, -0.05) is 30.7 Å². The predicted molar refractivity (Wildman–Crippen MR) is 284 cm³/mol. The number of amides is 5. The standard InChI is InChI=1S/C55H68N10O9.ClH/c1-38(57-51(68)41-12-7-13-42(35-41)61-55(22-26-64(2)27-23-55)54-60-50(62-63-54)39-20-24-56-25-21-39)40-11-8-14-43(36-40)74-30-6-4-3-5-28-71-31-33-73-34-32-72-29-10-17-48(66)58-46-16-9-15-44-45(46)37-65(53(44)70)47-18-19-49(67)59-52(47)69;/h7-9,11-16,20-21,24-25,35-36,38,47,61H,3-6,10,17-19,22-23,26-34,37H2,1-2H3,(H,57,68)(H,58,66)(H,59,67,69)(H,60,62,63);1H/t38-,47?;/m0./s1. The van der Waals surface area contributed by atoms with E-state index >= 15 is 0 Å². The fourth-order valence-corrected chi connectivity index (χ4v) is 9.43. The third-order valence-corrected chi connectivity index (χ3v) is 13.7. The molecule has 19 nitrogen and oxygen atoms in total. The summed E-state index contributed by atoms with van der Waals surface area (Å²) in [6.45, 7) is 7.38. The van der Waals surface area contributed by atoms with Gasteiger partial charge in [0.1, 0.15) is 11.8 Å². The number of likely N-dealkylation sites (tertiary alicyclic amines) is 1. The van der Waals surface area contributed by atoms with E-state index in [1.165, 1.54) is 4.90 Å². The number of benzene rings is 3. The third-order valence-electron chi connectivity index (χ3n) is 13.7. The highest BCUT2D eigenvalue weighted by Crippen LogP contribution is 2.36. The first-order valence-corrected chi connectivity index (χ1v) is 25.8. The van der Waals surface area contributed by atoms with E-state index in [0.717, 1.165) is 80.0 Å². The number of carbonyl (C=O) groups is 5. The van der Waals surface area contributed by atoms with Crippen LogP contribution in [0.25, 0.3) is 11.4 Å². The highest BCUT2D eigenvalue weighted by Gasteiger charge is 2.41. The van der Waals surface area contributed by atoms with Gasteiger partial charge in [0.2, 0.25) is 17.7 Å². The maximum atomic E-state index is 13.6. The molecule has 3 aromatic carbocycles. The van der Waals surface area contributed by atoms with Crippen LogP contribution in [0.4, 0.5) is 11.4 Å². The minimum absolute atomic E-state index is 0. The fourth-order valence-electron chi connectivity index (χ4n) is 9.43. The van der Waals surface area contributed by atoms with Crippen molar-refractivity contribution in [3.05, 3.63) is 119 Å². The van der Waals surface area contributed by atoms with Crippen molar-refractivity contribution in [3.8, 4) is 17.1 Å². The zero-order valence-corrected chi connectivity index (χ0v) is 43.6. The van der Waals surface area contributed by atoms with E-state index in [4.69, 9.17) is 18.9 Å². The molecule has 400 valence electrons. The summed E-state index contributed by atoms with van der Waals surface area (Å²) in [6.07, 6.45) is 10.2. The fraction of sp³-hybridized carbons (Fsp3) is 0.455. The monoisotopic (exact) mass is 1050 g/mol. The molecule has 3 aliphatic heterocycles. The first-order chi connectivity index (χ1) is 36.0. The Morgan fingerprint density at radius 1 is 0.813 bits per heavy atom. The van der Waals surface area contributed by atoms with Crippen molar-refractivity contribution >= 4 is 53.3 Å². The minimum atomic E-state index is -0.717. The van der Waals surface area contributed by atoms with Gasteiger partial charge in [-0.05, 0) is 119 Å². The van der Waals surface area contributed by atoms with Gasteiger partial charge in [-0.3, -0.25) is 34.3 Å². The van der Waals surface area contributed by atoms with Crippen LogP contribution in [-0.2, 0) is 40.7 Å². The number of aromatic nitrogens is 4. The number of rotatable bonds is 27. The molecule has 0 saturated carbocycles. The number of imide groups is 1. The van der Waals surface area contributed by atoms with Crippen LogP contribution >= 0.6 is 12.4 Å². The van der Waals surface area contributed by atoms with Crippen molar-refractivity contribution in [2.24, 2.45) is 0 Å². The van der Waals surface area contributed by atoms with Crippen LogP contribution in [-0.4, -0.2) is 132 Å². The van der Waals surface area contributed by atoms with Crippen molar-refractivity contribution < 1.29 is 42.9 Å². The third kappa shape index (κ3) is 15.4. The molecule has 75 heavy (non-hydrogen) atoms. The zero-order valence-electron chi connectivity index (χ0n) is 42.8. The van der Waals surface area contributed by atoms with Crippen LogP contribution in [0.15, 0.2) is 91.3 Å². The number of aromatic amines is 1. The van der Waals surface area contributed by atoms with Gasteiger partial charge in [-0.25, -0.2) is 0 Å². The molecule has 5 aromatic rings. The average Bonchev–Trinajstić information content (AvgIpc) is 4.05. The highest BCUT2D eigenvalue weighted by atomic mass is 35.5. The Bertz CT molecular complexity index is 2700. The lowest BCUT2D eigenvalue weighted by Crippen LogP contribution is -2.52. The molecule has 2 saturated heterocycles. The highest BCUT2D eigenvalue weighted by molar-refractivity contribution is 6.07. The summed E-state index contributed by atoms with van der Waals surface area (Å²) in [6, 6.07) is 23.5. The second kappa shape index (κ2) is 27.7. The Balaban J connectivity index is 0.00000820. The minimum Gasteiger partial charge on any atom is -0.494 e. The summed E-state index contributed by atoms with van der Waals surface area (Å²) in [5.41, 5.74) is 4.43. The quantitative estimate of drug-likeness (QED) is 0.0264. The molecular formula is C55H69ClN10O9. The predicted octanol–water partition coefficient (Wildman–Crippen LogP) is 6.98. The molecule has 1 unspecified atom stereocenters. The van der Waals surface area contributed by atoms with Crippen molar-refractivity contribution in [2.45, 2.75) is 95.3 Å². The van der Waals surface area contributed by atoms with Crippen molar-refractivity contribution in [1.82, 2.24) is 40.6 Å². The Kier molecular flexibility index (Phi) is 20.7. The van der Waals surface area contributed by atoms with Crippen LogP contribution in [0.1, 0.15) is 115 Å². The number of ether oxygens (including phenoxy) is 4. The van der Waals surface area contributed by atoms with E-state index in [1.807, 2.05) is 67.6 Å². The summed E-state index contributed by atoms with van der Waals surface area (Å²) < 4.78 is 23.1. The topological polar surface area (TPSA) is 231 Å². The van der Waals surface area contributed by atoms with Crippen molar-refractivity contribution in [2.75, 3.05) is 77.0 Å². The number of nitrogens with zero attached hydrogens (tertiary/aromatic N) is 5. The number of H-pyrrole nitrogens is 1. The van der Waals surface area contributed by atoms with Crippen LogP contribution in [0.5, 0.6) is 5.75 Å². The number of fused-ring (bicyclic) bond motifs is 1. The molecule has 3 aliphatic rings. The van der Waals surface area contributed by atoms with Gasteiger partial charge >= 0.3 is 0 Å². The van der Waals surface area contributed by atoms with Gasteiger partial charge in [0.05, 0.1) is 44.6 Å². The molecule has 0 aliphatic carbocycles. The SMILES string of the molecule is C[C@H](NC(=O)c1cccc(NC2(c3nnc(-c4ccncc4)[nH]3)CCN(C)CC2)c1)c1cccc(OCCCCCCOCCOCCOCCCC(=O)Nc2cccc3c2CN(C2CCC(=O)NC2=O)C3=O)c1.Cl. The average molecular weight is 1050 g/mol. The lowest BCUT2D eigenvalue weighted by Gasteiger charge is -2.40. The molecule has 2 atom stereocenters. The number of unbranched alkanes of at least 4 members (excludes halogenated alkanes) is 3. The van der Waals surface area contributed by atoms with E-state index < -0.39 is 17.5 Å². The van der Waals surface area contributed by atoms with E-state index in [0.29, 0.717) is 80.9 Å². The van der Waals surface area contributed by atoms with Gasteiger partial charge in [0.15, 0.2) is 11.6 Å². The normalized spacial score (nSPS) is 16.6. The lowest BCUT2D eigenvalue weighted by atomic mass is 9.86. The number of piperidine rings is 2. The Labute approximate surface area is 444 Å². The summed E-state index contributed by atoms with van der Waals surface area (Å²) in [4.78, 5) is 74.7. The van der Waals surface area contributed by atoms with Gasteiger partial charge in [0, 0.05) is 91.7 Å². The Hall–Kier alpha value is -6.77. The van der Waals surface area contributed by atoms with Crippen LogP contribution < -0.4 is 26.0 Å². The largest absolute Gasteiger partial charge is 0.494 e. The number of anilines is 2. The maximum absolute atomic E-state index is 13.6. The van der Waals surface area contributed by atoms with E-state index in [2.05, 4.69) is 53.4 Å². The number of pyridine rings is 1. The molecule has 0 radical (unpaired) electrons. The van der Waals surface area contributed by atoms with Crippen molar-refractivity contribution in [1.29, 1.82) is 0 Å². The number of nitrogens with one attached hydrogen (secondary N) is 5. The smallest absolute Gasteiger partial charge is 0.255 e. The van der Waals surface area contributed by atoms with Gasteiger partial charge in [-0.2, -0.15) is 0 Å². The molecular weight excluding hydrogens is 980 g/mol. The second-order valence-electron chi connectivity index (χ2n) is 19.1. The molecule has 0 spiro atoms. The first-order valence-electron chi connectivity index (χ1n) is 25.8. The number of hydrogen-bond acceptors (Lipinski definition) is 14.